The second-order valence-corrected chi connectivity index (χ2v) is 4.71. The molecule has 0 saturated carbocycles. The monoisotopic (exact) mass is 279 g/mol. The number of anilines is 1. The fourth-order valence-corrected chi connectivity index (χ4v) is 2.17. The van der Waals surface area contributed by atoms with Gasteiger partial charge >= 0.3 is 0 Å². The summed E-state index contributed by atoms with van der Waals surface area (Å²) in [5.41, 5.74) is 1.27. The van der Waals surface area contributed by atoms with Gasteiger partial charge in [0.25, 0.3) is 0 Å². The molecule has 0 amide bonds. The van der Waals surface area contributed by atoms with Crippen molar-refractivity contribution in [2.75, 3.05) is 11.9 Å². The van der Waals surface area contributed by atoms with Gasteiger partial charge in [0.05, 0.1) is 0 Å². The number of aromatic nitrogens is 4. The quantitative estimate of drug-likeness (QED) is 0.752. The summed E-state index contributed by atoms with van der Waals surface area (Å²) in [4.78, 5) is 12.7. The number of hydrogen-bond donors (Lipinski definition) is 1. The van der Waals surface area contributed by atoms with Crippen LogP contribution in [0.25, 0.3) is 0 Å². The van der Waals surface area contributed by atoms with Gasteiger partial charge in [-0.25, -0.2) is 15.0 Å². The van der Waals surface area contributed by atoms with Crippen molar-refractivity contribution >= 4 is 5.95 Å². The van der Waals surface area contributed by atoms with E-state index >= 15 is 0 Å². The van der Waals surface area contributed by atoms with Gasteiger partial charge in [-0.15, -0.1) is 0 Å². The van der Waals surface area contributed by atoms with Gasteiger partial charge < -0.3 is 9.88 Å². The minimum absolute atomic E-state index is 0.652. The molecule has 3 aromatic rings. The molecule has 3 rings (SSSR count). The van der Waals surface area contributed by atoms with Crippen LogP contribution in [-0.2, 0) is 13.0 Å². The summed E-state index contributed by atoms with van der Waals surface area (Å²) in [6.07, 6.45) is 8.15. The number of benzene rings is 1. The number of nitrogens with one attached hydrogen (secondary N) is 1. The van der Waals surface area contributed by atoms with E-state index in [1.54, 1.807) is 18.5 Å². The molecule has 0 unspecified atom stereocenters. The Morgan fingerprint density at radius 2 is 1.71 bits per heavy atom. The Morgan fingerprint density at radius 3 is 2.52 bits per heavy atom. The molecule has 5 nitrogen and oxygen atoms in total. The zero-order valence-corrected chi connectivity index (χ0v) is 11.7. The maximum absolute atomic E-state index is 4.43. The van der Waals surface area contributed by atoms with E-state index in [1.165, 1.54) is 5.56 Å². The first-order chi connectivity index (χ1) is 10.4. The van der Waals surface area contributed by atoms with Crippen LogP contribution in [0, 0.1) is 0 Å². The first kappa shape index (κ1) is 13.3. The summed E-state index contributed by atoms with van der Waals surface area (Å²) >= 11 is 0. The van der Waals surface area contributed by atoms with Crippen LogP contribution in [0.15, 0.2) is 61.2 Å². The molecule has 1 N–H and O–H groups in total. The predicted molar refractivity (Wildman–Crippen MR) is 82.0 cm³/mol. The van der Waals surface area contributed by atoms with E-state index in [4.69, 9.17) is 0 Å². The van der Waals surface area contributed by atoms with Gasteiger partial charge in [0.2, 0.25) is 5.95 Å². The SMILES string of the molecule is c1ccc(Cn2ccnc2CCNc2ncccn2)cc1. The summed E-state index contributed by atoms with van der Waals surface area (Å²) in [7, 11) is 0. The number of imidazole rings is 1. The lowest BCUT2D eigenvalue weighted by molar-refractivity contribution is 0.721. The molecule has 0 aliphatic carbocycles. The minimum Gasteiger partial charge on any atom is -0.354 e. The highest BCUT2D eigenvalue weighted by atomic mass is 15.1. The van der Waals surface area contributed by atoms with Crippen molar-refractivity contribution in [3.05, 3.63) is 72.6 Å². The molecule has 0 aliphatic rings. The number of hydrogen-bond acceptors (Lipinski definition) is 4. The first-order valence-electron chi connectivity index (χ1n) is 6.96. The van der Waals surface area contributed by atoms with E-state index in [0.29, 0.717) is 5.95 Å². The molecule has 2 heterocycles. The Kier molecular flexibility index (Phi) is 4.21. The summed E-state index contributed by atoms with van der Waals surface area (Å²) in [6.45, 7) is 1.60. The van der Waals surface area contributed by atoms with E-state index in [9.17, 15) is 0 Å². The normalized spacial score (nSPS) is 10.5. The fourth-order valence-electron chi connectivity index (χ4n) is 2.17. The summed E-state index contributed by atoms with van der Waals surface area (Å²) in [6, 6.07) is 12.2. The van der Waals surface area contributed by atoms with Crippen molar-refractivity contribution in [3.63, 3.8) is 0 Å². The summed E-state index contributed by atoms with van der Waals surface area (Å²) in [5.74, 6) is 1.71. The van der Waals surface area contributed by atoms with E-state index < -0.39 is 0 Å². The van der Waals surface area contributed by atoms with Gasteiger partial charge in [0, 0.05) is 44.3 Å². The van der Waals surface area contributed by atoms with E-state index in [0.717, 1.165) is 25.3 Å². The molecule has 0 saturated heterocycles. The standard InChI is InChI=1S/C16H17N5/c1-2-5-14(6-3-1)13-21-12-11-17-15(21)7-10-20-16-18-8-4-9-19-16/h1-6,8-9,11-12H,7,10,13H2,(H,18,19,20). The second kappa shape index (κ2) is 6.65. The number of rotatable bonds is 6. The van der Waals surface area contributed by atoms with Gasteiger partial charge in [-0.2, -0.15) is 0 Å². The maximum Gasteiger partial charge on any atom is 0.222 e. The highest BCUT2D eigenvalue weighted by molar-refractivity contribution is 5.22. The van der Waals surface area contributed by atoms with Crippen LogP contribution in [0.2, 0.25) is 0 Å². The lowest BCUT2D eigenvalue weighted by atomic mass is 10.2. The topological polar surface area (TPSA) is 55.6 Å². The van der Waals surface area contributed by atoms with Gasteiger partial charge in [-0.05, 0) is 11.6 Å². The molecular weight excluding hydrogens is 262 g/mol. The zero-order valence-electron chi connectivity index (χ0n) is 11.7. The Bertz CT molecular complexity index is 663. The Labute approximate surface area is 123 Å². The van der Waals surface area contributed by atoms with Crippen LogP contribution in [0.1, 0.15) is 11.4 Å². The third-order valence-corrected chi connectivity index (χ3v) is 3.19. The van der Waals surface area contributed by atoms with Crippen molar-refractivity contribution in [2.24, 2.45) is 0 Å². The fraction of sp³-hybridized carbons (Fsp3) is 0.188. The maximum atomic E-state index is 4.43. The molecule has 0 radical (unpaired) electrons. The van der Waals surface area contributed by atoms with Gasteiger partial charge in [-0.3, -0.25) is 0 Å². The van der Waals surface area contributed by atoms with Crippen LogP contribution in [0.5, 0.6) is 0 Å². The largest absolute Gasteiger partial charge is 0.354 e. The zero-order chi connectivity index (χ0) is 14.3. The summed E-state index contributed by atoms with van der Waals surface area (Å²) in [5, 5.41) is 3.20. The van der Waals surface area contributed by atoms with E-state index in [1.807, 2.05) is 18.5 Å². The molecule has 106 valence electrons. The van der Waals surface area contributed by atoms with E-state index in [-0.39, 0.29) is 0 Å². The van der Waals surface area contributed by atoms with Gasteiger partial charge in [0.15, 0.2) is 0 Å². The molecule has 0 aliphatic heterocycles. The molecule has 21 heavy (non-hydrogen) atoms. The average molecular weight is 279 g/mol. The van der Waals surface area contributed by atoms with Crippen LogP contribution in [-0.4, -0.2) is 26.1 Å². The van der Waals surface area contributed by atoms with Crippen LogP contribution >= 0.6 is 0 Å². The third-order valence-electron chi connectivity index (χ3n) is 3.19. The van der Waals surface area contributed by atoms with Crippen LogP contribution in [0.4, 0.5) is 5.95 Å². The average Bonchev–Trinajstić information content (AvgIpc) is 2.97. The molecule has 0 bridgehead atoms. The molecule has 5 heteroatoms. The third kappa shape index (κ3) is 3.66. The Morgan fingerprint density at radius 1 is 0.905 bits per heavy atom. The predicted octanol–water partition coefficient (Wildman–Crippen LogP) is 2.38. The summed E-state index contributed by atoms with van der Waals surface area (Å²) < 4.78 is 2.17. The smallest absolute Gasteiger partial charge is 0.222 e. The molecule has 0 spiro atoms. The lowest BCUT2D eigenvalue weighted by Crippen LogP contribution is -2.12. The second-order valence-electron chi connectivity index (χ2n) is 4.71. The first-order valence-corrected chi connectivity index (χ1v) is 6.96. The molecule has 0 atom stereocenters. The lowest BCUT2D eigenvalue weighted by Gasteiger charge is -2.08. The highest BCUT2D eigenvalue weighted by Crippen LogP contribution is 2.06. The highest BCUT2D eigenvalue weighted by Gasteiger charge is 2.03. The Hall–Kier alpha value is -2.69. The van der Waals surface area contributed by atoms with Crippen molar-refractivity contribution in [3.8, 4) is 0 Å². The van der Waals surface area contributed by atoms with Crippen molar-refractivity contribution in [2.45, 2.75) is 13.0 Å². The minimum atomic E-state index is 0.652. The number of nitrogens with zero attached hydrogens (tertiary/aromatic N) is 4. The van der Waals surface area contributed by atoms with Crippen molar-refractivity contribution < 1.29 is 0 Å². The Balaban J connectivity index is 1.58. The van der Waals surface area contributed by atoms with Gasteiger partial charge in [0.1, 0.15) is 5.82 Å². The van der Waals surface area contributed by atoms with Crippen molar-refractivity contribution in [1.82, 2.24) is 19.5 Å². The van der Waals surface area contributed by atoms with Crippen LogP contribution in [0.3, 0.4) is 0 Å². The molecule has 0 fully saturated rings. The van der Waals surface area contributed by atoms with Crippen molar-refractivity contribution in [1.29, 1.82) is 0 Å². The van der Waals surface area contributed by atoms with Gasteiger partial charge in [-0.1, -0.05) is 30.3 Å². The molecular formula is C16H17N5. The molecule has 2 aromatic heterocycles. The van der Waals surface area contributed by atoms with E-state index in [2.05, 4.69) is 49.1 Å². The van der Waals surface area contributed by atoms with Crippen LogP contribution < -0.4 is 5.32 Å². The molecule has 1 aromatic carbocycles.